The van der Waals surface area contributed by atoms with Crippen molar-refractivity contribution in [3.05, 3.63) is 28.3 Å². The van der Waals surface area contributed by atoms with Crippen LogP contribution in [0, 0.1) is 10.1 Å². The number of nitro benzene ring substituents is 1. The molecule has 2 saturated heterocycles. The maximum atomic E-state index is 13.2. The van der Waals surface area contributed by atoms with Gasteiger partial charge in [-0.05, 0) is 6.07 Å². The summed E-state index contributed by atoms with van der Waals surface area (Å²) in [5, 5.41) is 11.2. The van der Waals surface area contributed by atoms with Crippen LogP contribution in [0.25, 0.3) is 0 Å². The lowest BCUT2D eigenvalue weighted by atomic mass is 10.2. The number of benzene rings is 1. The van der Waals surface area contributed by atoms with E-state index in [-0.39, 0.29) is 29.6 Å². The molecular weight excluding hydrogens is 376 g/mol. The molecule has 0 spiro atoms. The molecule has 0 bridgehead atoms. The summed E-state index contributed by atoms with van der Waals surface area (Å²) in [5.74, 6) is -0.0282. The molecule has 10 nitrogen and oxygen atoms in total. The quantitative estimate of drug-likeness (QED) is 0.529. The Morgan fingerprint density at radius 2 is 1.74 bits per heavy atom. The van der Waals surface area contributed by atoms with Gasteiger partial charge in [0, 0.05) is 58.3 Å². The molecule has 0 radical (unpaired) electrons. The van der Waals surface area contributed by atoms with E-state index in [1.807, 2.05) is 4.90 Å². The van der Waals surface area contributed by atoms with Gasteiger partial charge in [0.05, 0.1) is 23.8 Å². The minimum atomic E-state index is -3.90. The molecule has 2 aliphatic heterocycles. The number of carbonyl (C=O) groups excluding carboxylic acids is 1. The van der Waals surface area contributed by atoms with Gasteiger partial charge in [0.15, 0.2) is 0 Å². The van der Waals surface area contributed by atoms with Crippen LogP contribution in [0.5, 0.6) is 0 Å². The number of non-ortho nitro benzene ring substituents is 1. The predicted octanol–water partition coefficient (Wildman–Crippen LogP) is 0.284. The third-order valence-corrected chi connectivity index (χ3v) is 6.74. The molecule has 0 aliphatic carbocycles. The van der Waals surface area contributed by atoms with Gasteiger partial charge in [-0.25, -0.2) is 8.42 Å². The first-order valence-electron chi connectivity index (χ1n) is 8.67. The van der Waals surface area contributed by atoms with Crippen molar-refractivity contribution in [2.45, 2.75) is 11.8 Å². The fourth-order valence-corrected chi connectivity index (χ4v) is 4.91. The number of hydrogen-bond donors (Lipinski definition) is 0. The van der Waals surface area contributed by atoms with Crippen molar-refractivity contribution in [3.63, 3.8) is 0 Å². The van der Waals surface area contributed by atoms with Crippen LogP contribution in [0.4, 0.5) is 11.4 Å². The molecule has 27 heavy (non-hydrogen) atoms. The van der Waals surface area contributed by atoms with Gasteiger partial charge in [-0.2, -0.15) is 4.31 Å². The molecule has 0 aromatic heterocycles. The molecule has 3 rings (SSSR count). The van der Waals surface area contributed by atoms with Gasteiger partial charge in [-0.15, -0.1) is 0 Å². The maximum Gasteiger partial charge on any atom is 0.270 e. The average Bonchev–Trinajstić information content (AvgIpc) is 2.68. The number of piperazine rings is 1. The smallest absolute Gasteiger partial charge is 0.270 e. The topological polar surface area (TPSA) is 113 Å². The first-order chi connectivity index (χ1) is 12.8. The average molecular weight is 398 g/mol. The zero-order valence-electron chi connectivity index (χ0n) is 15.0. The lowest BCUT2D eigenvalue weighted by Crippen LogP contribution is -2.48. The van der Waals surface area contributed by atoms with Crippen molar-refractivity contribution >= 4 is 27.3 Å². The molecule has 148 valence electrons. The lowest BCUT2D eigenvalue weighted by Gasteiger charge is -2.37. The monoisotopic (exact) mass is 398 g/mol. The number of nitrogens with zero attached hydrogens (tertiary/aromatic N) is 4. The van der Waals surface area contributed by atoms with Gasteiger partial charge in [0.2, 0.25) is 15.9 Å². The van der Waals surface area contributed by atoms with Gasteiger partial charge >= 0.3 is 0 Å². The second kappa shape index (κ2) is 7.79. The normalized spacial score (nSPS) is 19.1. The summed E-state index contributed by atoms with van der Waals surface area (Å²) < 4.78 is 32.8. The van der Waals surface area contributed by atoms with Crippen molar-refractivity contribution in [2.75, 3.05) is 57.4 Å². The Hall–Kier alpha value is -2.24. The van der Waals surface area contributed by atoms with Gasteiger partial charge < -0.3 is 14.5 Å². The number of nitro groups is 1. The number of morpholine rings is 1. The third-order valence-electron chi connectivity index (χ3n) is 4.81. The van der Waals surface area contributed by atoms with Crippen molar-refractivity contribution in [1.29, 1.82) is 0 Å². The van der Waals surface area contributed by atoms with Crippen LogP contribution in [0.2, 0.25) is 0 Å². The fraction of sp³-hybridized carbons (Fsp3) is 0.562. The van der Waals surface area contributed by atoms with E-state index in [0.717, 1.165) is 6.07 Å². The highest BCUT2D eigenvalue weighted by molar-refractivity contribution is 7.89. The van der Waals surface area contributed by atoms with Crippen LogP contribution in [0.1, 0.15) is 6.92 Å². The fourth-order valence-electron chi connectivity index (χ4n) is 3.27. The Morgan fingerprint density at radius 1 is 1.11 bits per heavy atom. The van der Waals surface area contributed by atoms with Crippen molar-refractivity contribution in [2.24, 2.45) is 0 Å². The molecule has 0 unspecified atom stereocenters. The third kappa shape index (κ3) is 4.04. The molecule has 2 fully saturated rings. The van der Waals surface area contributed by atoms with Crippen LogP contribution in [0.15, 0.2) is 23.1 Å². The van der Waals surface area contributed by atoms with E-state index >= 15 is 0 Å². The summed E-state index contributed by atoms with van der Waals surface area (Å²) in [6, 6.07) is 3.91. The second-order valence-electron chi connectivity index (χ2n) is 6.42. The van der Waals surface area contributed by atoms with E-state index in [4.69, 9.17) is 4.74 Å². The van der Waals surface area contributed by atoms with Gasteiger partial charge in [0.1, 0.15) is 4.90 Å². The minimum absolute atomic E-state index is 0.0282. The molecular formula is C16H22N4O6S. The van der Waals surface area contributed by atoms with E-state index < -0.39 is 14.9 Å². The Balaban J connectivity index is 1.97. The first kappa shape index (κ1) is 19.5. The van der Waals surface area contributed by atoms with E-state index in [0.29, 0.717) is 45.1 Å². The molecule has 1 aromatic rings. The summed E-state index contributed by atoms with van der Waals surface area (Å²) in [6.07, 6.45) is 0. The number of anilines is 1. The minimum Gasteiger partial charge on any atom is -0.379 e. The summed E-state index contributed by atoms with van der Waals surface area (Å²) >= 11 is 0. The van der Waals surface area contributed by atoms with Crippen LogP contribution < -0.4 is 4.90 Å². The summed E-state index contributed by atoms with van der Waals surface area (Å²) in [4.78, 5) is 25.6. The largest absolute Gasteiger partial charge is 0.379 e. The van der Waals surface area contributed by atoms with E-state index in [9.17, 15) is 23.3 Å². The summed E-state index contributed by atoms with van der Waals surface area (Å²) in [6.45, 7) is 4.38. The zero-order valence-corrected chi connectivity index (χ0v) is 15.9. The number of rotatable bonds is 4. The second-order valence-corrected chi connectivity index (χ2v) is 8.33. The van der Waals surface area contributed by atoms with Gasteiger partial charge in [0.25, 0.3) is 5.69 Å². The number of ether oxygens (including phenoxy) is 1. The highest BCUT2D eigenvalue weighted by atomic mass is 32.2. The zero-order chi connectivity index (χ0) is 19.6. The molecule has 2 aliphatic rings. The number of carbonyl (C=O) groups is 1. The van der Waals surface area contributed by atoms with E-state index in [1.165, 1.54) is 23.4 Å². The Bertz CT molecular complexity index is 829. The summed E-state index contributed by atoms with van der Waals surface area (Å²) in [7, 11) is -3.90. The van der Waals surface area contributed by atoms with Crippen molar-refractivity contribution in [3.8, 4) is 0 Å². The van der Waals surface area contributed by atoms with Gasteiger partial charge in [-0.3, -0.25) is 14.9 Å². The van der Waals surface area contributed by atoms with Crippen molar-refractivity contribution in [1.82, 2.24) is 9.21 Å². The maximum absolute atomic E-state index is 13.2. The van der Waals surface area contributed by atoms with Crippen LogP contribution in [-0.4, -0.2) is 80.9 Å². The molecule has 2 heterocycles. The Morgan fingerprint density at radius 3 is 2.30 bits per heavy atom. The SMILES string of the molecule is CC(=O)N1CCN(c2ccc([N+](=O)[O-])cc2S(=O)(=O)N2CCOCC2)CC1. The van der Waals surface area contributed by atoms with Crippen LogP contribution >= 0.6 is 0 Å². The first-order valence-corrected chi connectivity index (χ1v) is 10.1. The van der Waals surface area contributed by atoms with Crippen LogP contribution in [-0.2, 0) is 19.6 Å². The molecule has 0 N–H and O–H groups in total. The van der Waals surface area contributed by atoms with Crippen LogP contribution in [0.3, 0.4) is 0 Å². The lowest BCUT2D eigenvalue weighted by molar-refractivity contribution is -0.385. The molecule has 1 aromatic carbocycles. The molecule has 11 heteroatoms. The van der Waals surface area contributed by atoms with Gasteiger partial charge in [-0.1, -0.05) is 0 Å². The number of amides is 1. The highest BCUT2D eigenvalue weighted by Gasteiger charge is 2.32. The van der Waals surface area contributed by atoms with Crippen molar-refractivity contribution < 1.29 is 22.9 Å². The predicted molar refractivity (Wildman–Crippen MR) is 97.1 cm³/mol. The molecule has 0 atom stereocenters. The summed E-state index contributed by atoms with van der Waals surface area (Å²) in [5.41, 5.74) is 0.156. The van der Waals surface area contributed by atoms with E-state index in [1.54, 1.807) is 4.90 Å². The molecule has 0 saturated carbocycles. The van der Waals surface area contributed by atoms with E-state index in [2.05, 4.69) is 0 Å². The standard InChI is InChI=1S/C16H22N4O6S/c1-13(21)17-4-6-18(7-5-17)15-3-2-14(20(22)23)12-16(15)27(24,25)19-8-10-26-11-9-19/h2-3,12H,4-11H2,1H3. The Labute approximate surface area is 157 Å². The number of hydrogen-bond acceptors (Lipinski definition) is 7. The number of sulfonamides is 1. The highest BCUT2D eigenvalue weighted by Crippen LogP contribution is 2.32. The Kier molecular flexibility index (Phi) is 5.63. The molecule has 1 amide bonds.